The normalized spacial score (nSPS) is 30.2. The van der Waals surface area contributed by atoms with Crippen molar-refractivity contribution in [1.82, 2.24) is 15.0 Å². The van der Waals surface area contributed by atoms with Crippen LogP contribution in [0.25, 0.3) is 11.2 Å². The van der Waals surface area contributed by atoms with Gasteiger partial charge >= 0.3 is 5.65 Å². The summed E-state index contributed by atoms with van der Waals surface area (Å²) in [6.07, 6.45) is 2.08. The monoisotopic (exact) mass is 442 g/mol. The molecule has 1 aliphatic heterocycles. The van der Waals surface area contributed by atoms with Crippen LogP contribution in [0, 0.1) is 0 Å². The number of benzene rings is 1. The summed E-state index contributed by atoms with van der Waals surface area (Å²) in [5.74, 6) is 0.640. The minimum Gasteiger partial charge on any atom is -0.394 e. The molecule has 5 N–H and O–H groups in total. The molecule has 3 heterocycles. The fourth-order valence-corrected chi connectivity index (χ4v) is 4.56. The summed E-state index contributed by atoms with van der Waals surface area (Å²) in [6.45, 7) is 0.183. The molecule has 10 nitrogen and oxygen atoms in total. The Morgan fingerprint density at radius 3 is 2.78 bits per heavy atom. The fourth-order valence-electron chi connectivity index (χ4n) is 4.56. The van der Waals surface area contributed by atoms with Crippen LogP contribution in [-0.4, -0.2) is 67.3 Å². The molecule has 2 unspecified atom stereocenters. The van der Waals surface area contributed by atoms with E-state index < -0.39 is 24.5 Å². The number of aliphatic hydroxyl groups is 3. The second-order valence-corrected chi connectivity index (χ2v) is 8.35. The third kappa shape index (κ3) is 3.96. The van der Waals surface area contributed by atoms with Gasteiger partial charge in [-0.1, -0.05) is 35.3 Å². The smallest absolute Gasteiger partial charge is 0.309 e. The van der Waals surface area contributed by atoms with Gasteiger partial charge in [0.1, 0.15) is 18.3 Å². The fraction of sp³-hybridized carbons (Fsp3) is 0.500. The number of aliphatic hydroxyl groups excluding tert-OH is 3. The first-order chi connectivity index (χ1) is 15.7. The number of ether oxygens (including phenoxy) is 2. The first-order valence-corrected chi connectivity index (χ1v) is 10.9. The van der Waals surface area contributed by atoms with Gasteiger partial charge in [-0.05, 0) is 24.8 Å². The van der Waals surface area contributed by atoms with Crippen LogP contribution in [0.4, 0.5) is 5.82 Å². The van der Waals surface area contributed by atoms with E-state index in [-0.39, 0.29) is 18.8 Å². The van der Waals surface area contributed by atoms with E-state index in [1.54, 1.807) is 10.9 Å². The van der Waals surface area contributed by atoms with Gasteiger partial charge in [0.15, 0.2) is 18.5 Å². The number of aromatic nitrogens is 4. The van der Waals surface area contributed by atoms with Crippen LogP contribution in [-0.2, 0) is 16.1 Å². The number of hydrogen-bond acceptors (Lipinski definition) is 8. The lowest BCUT2D eigenvalue weighted by atomic mass is 10.1. The molecule has 170 valence electrons. The van der Waals surface area contributed by atoms with Crippen molar-refractivity contribution in [1.29, 1.82) is 0 Å². The molecule has 2 fully saturated rings. The van der Waals surface area contributed by atoms with Gasteiger partial charge in [-0.15, -0.1) is 0 Å². The van der Waals surface area contributed by atoms with E-state index in [1.165, 1.54) is 6.33 Å². The Labute approximate surface area is 184 Å². The van der Waals surface area contributed by atoms with Gasteiger partial charge in [-0.2, -0.15) is 4.98 Å². The summed E-state index contributed by atoms with van der Waals surface area (Å²) >= 11 is 0. The number of aromatic amines is 1. The van der Waals surface area contributed by atoms with E-state index in [9.17, 15) is 15.3 Å². The summed E-state index contributed by atoms with van der Waals surface area (Å²) < 4.78 is 13.5. The molecular formula is C22H28N5O5+. The molecule has 10 heteroatoms. The average molecular weight is 442 g/mol. The molecule has 1 aromatic carbocycles. The summed E-state index contributed by atoms with van der Waals surface area (Å²) in [4.78, 5) is 11.9. The molecular weight excluding hydrogens is 414 g/mol. The number of fused-ring (bicyclic) bond motifs is 1. The molecule has 32 heavy (non-hydrogen) atoms. The summed E-state index contributed by atoms with van der Waals surface area (Å²) in [7, 11) is 0. The van der Waals surface area contributed by atoms with Gasteiger partial charge in [0, 0.05) is 0 Å². The quantitative estimate of drug-likeness (QED) is 0.332. The second-order valence-electron chi connectivity index (χ2n) is 8.35. The Hall–Kier alpha value is -2.63. The standard InChI is InChI=1S/C22H27N5O5/c28-9-16-18(29)19(30)22(32-16)27-12-25-17-20(23-11-24-21(17)27)26-14-7-4-8-15(14)31-10-13-5-2-1-3-6-13/h1-3,5-6,11-12,14-16,18-19,22,28-30H,4,7-10H2,(H,23,24,26)/p+1/t14?,15?,16-,18+,19+,22-/m1/s1. The zero-order valence-corrected chi connectivity index (χ0v) is 17.5. The molecule has 2 aliphatic rings. The summed E-state index contributed by atoms with van der Waals surface area (Å²) in [5, 5.41) is 33.3. The van der Waals surface area contributed by atoms with Crippen molar-refractivity contribution in [2.24, 2.45) is 0 Å². The van der Waals surface area contributed by atoms with Crippen LogP contribution in [0.15, 0.2) is 43.0 Å². The zero-order valence-electron chi connectivity index (χ0n) is 17.5. The Balaban J connectivity index is 1.33. The van der Waals surface area contributed by atoms with Crippen LogP contribution < -0.4 is 9.88 Å². The lowest BCUT2D eigenvalue weighted by Gasteiger charge is -2.21. The van der Waals surface area contributed by atoms with E-state index in [4.69, 9.17) is 9.47 Å². The van der Waals surface area contributed by atoms with E-state index in [1.807, 2.05) is 18.2 Å². The summed E-state index contributed by atoms with van der Waals surface area (Å²) in [5.41, 5.74) is 2.34. The van der Waals surface area contributed by atoms with Crippen LogP contribution in [0.2, 0.25) is 0 Å². The SMILES string of the molecule is OC[C@H]1O[C@@H]([n+]2c[nH]c3c(NC4CCCC4OCc4ccccc4)ncnc32)[C@@H](O)[C@H]1O. The average Bonchev–Trinajstić information content (AvgIpc) is 3.52. The van der Waals surface area contributed by atoms with Gasteiger partial charge < -0.3 is 30.1 Å². The predicted octanol–water partition coefficient (Wildman–Crippen LogP) is 0.407. The van der Waals surface area contributed by atoms with Crippen molar-refractivity contribution >= 4 is 17.0 Å². The van der Waals surface area contributed by atoms with Gasteiger partial charge in [0.2, 0.25) is 11.7 Å². The molecule has 2 aromatic heterocycles. The van der Waals surface area contributed by atoms with Gasteiger partial charge in [0.05, 0.1) is 25.4 Å². The van der Waals surface area contributed by atoms with Crippen LogP contribution >= 0.6 is 0 Å². The van der Waals surface area contributed by atoms with Crippen LogP contribution in [0.5, 0.6) is 0 Å². The Bertz CT molecular complexity index is 1050. The Kier molecular flexibility index (Phi) is 6.03. The van der Waals surface area contributed by atoms with Crippen molar-refractivity contribution < 1.29 is 29.4 Å². The molecule has 3 aromatic rings. The minimum absolute atomic E-state index is 0.0720. The molecule has 1 saturated heterocycles. The Morgan fingerprint density at radius 2 is 2.00 bits per heavy atom. The van der Waals surface area contributed by atoms with Crippen LogP contribution in [0.1, 0.15) is 31.1 Å². The molecule has 5 rings (SSSR count). The topological polar surface area (TPSA) is 137 Å². The molecule has 0 amide bonds. The number of imidazole rings is 1. The summed E-state index contributed by atoms with van der Waals surface area (Å²) in [6, 6.07) is 10.2. The number of anilines is 1. The van der Waals surface area contributed by atoms with Gasteiger partial charge in [-0.3, -0.25) is 4.98 Å². The van der Waals surface area contributed by atoms with E-state index in [0.29, 0.717) is 23.6 Å². The maximum absolute atomic E-state index is 10.4. The second kappa shape index (κ2) is 9.08. The van der Waals surface area contributed by atoms with Crippen molar-refractivity contribution in [3.8, 4) is 0 Å². The number of H-pyrrole nitrogens is 1. The van der Waals surface area contributed by atoms with Crippen LogP contribution in [0.3, 0.4) is 0 Å². The van der Waals surface area contributed by atoms with E-state index >= 15 is 0 Å². The molecule has 1 aliphatic carbocycles. The lowest BCUT2D eigenvalue weighted by Crippen LogP contribution is -2.45. The zero-order chi connectivity index (χ0) is 22.1. The first-order valence-electron chi connectivity index (χ1n) is 10.9. The highest BCUT2D eigenvalue weighted by molar-refractivity contribution is 5.80. The predicted molar refractivity (Wildman–Crippen MR) is 113 cm³/mol. The molecule has 1 saturated carbocycles. The third-order valence-electron chi connectivity index (χ3n) is 6.29. The number of nitrogens with zero attached hydrogens (tertiary/aromatic N) is 3. The molecule has 0 spiro atoms. The lowest BCUT2D eigenvalue weighted by molar-refractivity contribution is -0.745. The van der Waals surface area contributed by atoms with E-state index in [0.717, 1.165) is 24.8 Å². The van der Waals surface area contributed by atoms with Gasteiger partial charge in [0.25, 0.3) is 0 Å². The highest BCUT2D eigenvalue weighted by atomic mass is 16.6. The van der Waals surface area contributed by atoms with Crippen molar-refractivity contribution in [3.05, 3.63) is 48.5 Å². The number of hydrogen-bond donors (Lipinski definition) is 5. The number of rotatable bonds is 7. The minimum atomic E-state index is -1.19. The van der Waals surface area contributed by atoms with E-state index in [2.05, 4.69) is 32.4 Å². The molecule has 6 atom stereocenters. The maximum Gasteiger partial charge on any atom is 0.309 e. The first kappa shape index (κ1) is 21.2. The van der Waals surface area contributed by atoms with Crippen molar-refractivity contribution in [2.45, 2.75) is 62.6 Å². The molecule has 0 radical (unpaired) electrons. The van der Waals surface area contributed by atoms with Crippen molar-refractivity contribution in [3.63, 3.8) is 0 Å². The number of nitrogens with one attached hydrogen (secondary N) is 2. The third-order valence-corrected chi connectivity index (χ3v) is 6.29. The largest absolute Gasteiger partial charge is 0.394 e. The maximum atomic E-state index is 10.4. The van der Waals surface area contributed by atoms with Gasteiger partial charge in [-0.25, -0.2) is 4.57 Å². The highest BCUT2D eigenvalue weighted by Crippen LogP contribution is 2.29. The Morgan fingerprint density at radius 1 is 1.16 bits per heavy atom. The molecule has 0 bridgehead atoms. The highest BCUT2D eigenvalue weighted by Gasteiger charge is 2.46. The van der Waals surface area contributed by atoms with Crippen molar-refractivity contribution in [2.75, 3.05) is 11.9 Å².